The smallest absolute Gasteiger partial charge is 0.118 e. The number of aromatic hydroxyl groups is 1. The van der Waals surface area contributed by atoms with Gasteiger partial charge in [0.15, 0.2) is 0 Å². The van der Waals surface area contributed by atoms with Gasteiger partial charge in [0.05, 0.1) is 0 Å². The molecule has 1 nitrogen and oxygen atoms in total. The number of benzene rings is 4. The SMILES string of the molecule is Oc1ccccc1CC(Cc1ccccc1)(Cc1ccccc1)Cc1ccccc1. The third kappa shape index (κ3) is 5.18. The molecule has 1 N–H and O–H groups in total. The van der Waals surface area contributed by atoms with E-state index < -0.39 is 0 Å². The lowest BCUT2D eigenvalue weighted by molar-refractivity contribution is 0.272. The molecule has 4 rings (SSSR count). The average molecular weight is 393 g/mol. The monoisotopic (exact) mass is 392 g/mol. The first-order valence-corrected chi connectivity index (χ1v) is 10.6. The molecule has 4 aromatic carbocycles. The van der Waals surface area contributed by atoms with Gasteiger partial charge in [-0.15, -0.1) is 0 Å². The molecule has 0 atom stereocenters. The fraction of sp³-hybridized carbons (Fsp3) is 0.172. The molecule has 150 valence electrons. The molecule has 0 aliphatic rings. The first-order chi connectivity index (χ1) is 14.7. The number of phenols is 1. The zero-order valence-electron chi connectivity index (χ0n) is 17.2. The van der Waals surface area contributed by atoms with Crippen LogP contribution in [0.5, 0.6) is 5.75 Å². The molecular weight excluding hydrogens is 364 g/mol. The minimum atomic E-state index is -0.0527. The molecule has 0 aliphatic carbocycles. The van der Waals surface area contributed by atoms with E-state index in [2.05, 4.69) is 97.1 Å². The topological polar surface area (TPSA) is 20.2 Å². The summed E-state index contributed by atoms with van der Waals surface area (Å²) in [5, 5.41) is 10.6. The van der Waals surface area contributed by atoms with Crippen LogP contribution in [0.3, 0.4) is 0 Å². The Bertz CT molecular complexity index is 938. The second kappa shape index (κ2) is 9.45. The predicted molar refractivity (Wildman–Crippen MR) is 125 cm³/mol. The van der Waals surface area contributed by atoms with Crippen molar-refractivity contribution in [3.63, 3.8) is 0 Å². The van der Waals surface area contributed by atoms with Crippen molar-refractivity contribution in [2.75, 3.05) is 0 Å². The summed E-state index contributed by atoms with van der Waals surface area (Å²) >= 11 is 0. The molecule has 0 radical (unpaired) electrons. The zero-order valence-corrected chi connectivity index (χ0v) is 17.2. The number of hydrogen-bond donors (Lipinski definition) is 1. The molecule has 0 heterocycles. The number of phenolic OH excluding ortho intramolecular Hbond substituents is 1. The van der Waals surface area contributed by atoms with Crippen molar-refractivity contribution >= 4 is 0 Å². The van der Waals surface area contributed by atoms with Gasteiger partial charge in [0.2, 0.25) is 0 Å². The minimum Gasteiger partial charge on any atom is -0.508 e. The van der Waals surface area contributed by atoms with Gasteiger partial charge in [-0.1, -0.05) is 109 Å². The fourth-order valence-electron chi connectivity index (χ4n) is 4.53. The van der Waals surface area contributed by atoms with E-state index >= 15 is 0 Å². The molecular formula is C29H28O. The lowest BCUT2D eigenvalue weighted by atomic mass is 9.68. The summed E-state index contributed by atoms with van der Waals surface area (Å²) in [4.78, 5) is 0. The lowest BCUT2D eigenvalue weighted by Crippen LogP contribution is -2.32. The van der Waals surface area contributed by atoms with Crippen molar-refractivity contribution in [1.29, 1.82) is 0 Å². The highest BCUT2D eigenvalue weighted by molar-refractivity contribution is 5.35. The van der Waals surface area contributed by atoms with Crippen LogP contribution in [0, 0.1) is 5.41 Å². The third-order valence-electron chi connectivity index (χ3n) is 5.82. The Morgan fingerprint density at radius 1 is 0.433 bits per heavy atom. The van der Waals surface area contributed by atoms with Crippen molar-refractivity contribution in [2.24, 2.45) is 5.41 Å². The molecule has 0 aromatic heterocycles. The number of hydrogen-bond acceptors (Lipinski definition) is 1. The Balaban J connectivity index is 1.78. The summed E-state index contributed by atoms with van der Waals surface area (Å²) in [6.45, 7) is 0. The average Bonchev–Trinajstić information content (AvgIpc) is 2.77. The van der Waals surface area contributed by atoms with Crippen LogP contribution in [0.1, 0.15) is 22.3 Å². The molecule has 0 amide bonds. The highest BCUT2D eigenvalue weighted by atomic mass is 16.3. The van der Waals surface area contributed by atoms with Crippen LogP contribution < -0.4 is 0 Å². The van der Waals surface area contributed by atoms with E-state index in [0.29, 0.717) is 5.75 Å². The molecule has 0 saturated heterocycles. The van der Waals surface area contributed by atoms with Gasteiger partial charge in [-0.2, -0.15) is 0 Å². The highest BCUT2D eigenvalue weighted by Gasteiger charge is 2.32. The van der Waals surface area contributed by atoms with Crippen molar-refractivity contribution in [3.05, 3.63) is 138 Å². The van der Waals surface area contributed by atoms with Gasteiger partial charge in [-0.3, -0.25) is 0 Å². The van der Waals surface area contributed by atoms with E-state index in [4.69, 9.17) is 0 Å². The van der Waals surface area contributed by atoms with Gasteiger partial charge < -0.3 is 5.11 Å². The zero-order chi connectivity index (χ0) is 20.7. The van der Waals surface area contributed by atoms with E-state index in [0.717, 1.165) is 31.2 Å². The van der Waals surface area contributed by atoms with Gasteiger partial charge >= 0.3 is 0 Å². The van der Waals surface area contributed by atoms with Gasteiger partial charge in [0, 0.05) is 0 Å². The van der Waals surface area contributed by atoms with Crippen molar-refractivity contribution < 1.29 is 5.11 Å². The minimum absolute atomic E-state index is 0.0527. The third-order valence-corrected chi connectivity index (χ3v) is 5.82. The molecule has 0 unspecified atom stereocenters. The van der Waals surface area contributed by atoms with Gasteiger partial charge in [0.25, 0.3) is 0 Å². The largest absolute Gasteiger partial charge is 0.508 e. The van der Waals surface area contributed by atoms with Crippen LogP contribution in [0.2, 0.25) is 0 Å². The van der Waals surface area contributed by atoms with E-state index in [9.17, 15) is 5.11 Å². The maximum Gasteiger partial charge on any atom is 0.118 e. The van der Waals surface area contributed by atoms with Crippen LogP contribution in [0.15, 0.2) is 115 Å². The Hall–Kier alpha value is -3.32. The van der Waals surface area contributed by atoms with Crippen molar-refractivity contribution in [1.82, 2.24) is 0 Å². The van der Waals surface area contributed by atoms with Crippen molar-refractivity contribution in [3.8, 4) is 5.75 Å². The normalized spacial score (nSPS) is 11.3. The molecule has 0 aliphatic heterocycles. The molecule has 0 spiro atoms. The van der Waals surface area contributed by atoms with E-state index in [1.807, 2.05) is 12.1 Å². The lowest BCUT2D eigenvalue weighted by Gasteiger charge is -2.35. The van der Waals surface area contributed by atoms with Crippen LogP contribution in [-0.4, -0.2) is 5.11 Å². The molecule has 1 heteroatoms. The summed E-state index contributed by atoms with van der Waals surface area (Å²) in [6, 6.07) is 40.0. The quantitative estimate of drug-likeness (QED) is 0.356. The van der Waals surface area contributed by atoms with Gasteiger partial charge in [-0.05, 0) is 59.4 Å². The Labute approximate surface area is 179 Å². The first kappa shape index (κ1) is 20.0. The summed E-state index contributed by atoms with van der Waals surface area (Å²) in [5.74, 6) is 0.385. The fourth-order valence-corrected chi connectivity index (χ4v) is 4.53. The van der Waals surface area contributed by atoms with Crippen molar-refractivity contribution in [2.45, 2.75) is 25.7 Å². The summed E-state index contributed by atoms with van der Waals surface area (Å²) in [7, 11) is 0. The van der Waals surface area contributed by atoms with Gasteiger partial charge in [-0.25, -0.2) is 0 Å². The van der Waals surface area contributed by atoms with E-state index in [1.54, 1.807) is 6.07 Å². The summed E-state index contributed by atoms with van der Waals surface area (Å²) in [6.07, 6.45) is 3.67. The predicted octanol–water partition coefficient (Wildman–Crippen LogP) is 6.65. The van der Waals surface area contributed by atoms with Crippen LogP contribution in [-0.2, 0) is 25.7 Å². The Kier molecular flexibility index (Phi) is 6.29. The summed E-state index contributed by atoms with van der Waals surface area (Å²) in [5.41, 5.74) is 4.96. The van der Waals surface area contributed by atoms with Gasteiger partial charge in [0.1, 0.15) is 5.75 Å². The molecule has 0 fully saturated rings. The van der Waals surface area contributed by atoms with E-state index in [1.165, 1.54) is 16.7 Å². The second-order valence-electron chi connectivity index (χ2n) is 8.29. The van der Waals surface area contributed by atoms with Crippen LogP contribution in [0.25, 0.3) is 0 Å². The molecule has 0 bridgehead atoms. The Morgan fingerprint density at radius 3 is 1.20 bits per heavy atom. The number of rotatable bonds is 8. The maximum absolute atomic E-state index is 10.6. The van der Waals surface area contributed by atoms with Crippen LogP contribution in [0.4, 0.5) is 0 Å². The van der Waals surface area contributed by atoms with Crippen LogP contribution >= 0.6 is 0 Å². The number of para-hydroxylation sites is 1. The summed E-state index contributed by atoms with van der Waals surface area (Å²) < 4.78 is 0. The highest BCUT2D eigenvalue weighted by Crippen LogP contribution is 2.38. The van der Waals surface area contributed by atoms with E-state index in [-0.39, 0.29) is 5.41 Å². The molecule has 0 saturated carbocycles. The molecule has 30 heavy (non-hydrogen) atoms. The standard InChI is InChI=1S/C29H28O/c30-28-19-11-10-18-27(28)23-29(20-24-12-4-1-5-13-24,21-25-14-6-2-7-15-25)22-26-16-8-3-9-17-26/h1-19,30H,20-23H2. The molecule has 4 aromatic rings. The maximum atomic E-state index is 10.6. The first-order valence-electron chi connectivity index (χ1n) is 10.6. The Morgan fingerprint density at radius 2 is 0.800 bits per heavy atom. The second-order valence-corrected chi connectivity index (χ2v) is 8.29.